The van der Waals surface area contributed by atoms with Crippen molar-refractivity contribution in [1.82, 2.24) is 4.98 Å². The Kier molecular flexibility index (Phi) is 3.55. The molecule has 2 aromatic rings. The zero-order valence-corrected chi connectivity index (χ0v) is 11.5. The van der Waals surface area contributed by atoms with Gasteiger partial charge in [0.05, 0.1) is 10.6 Å². The van der Waals surface area contributed by atoms with Crippen LogP contribution in [-0.4, -0.2) is 10.9 Å². The molecule has 0 spiro atoms. The van der Waals surface area contributed by atoms with E-state index < -0.39 is 0 Å². The number of aromatic nitrogens is 1. The van der Waals surface area contributed by atoms with E-state index in [1.165, 1.54) is 11.3 Å². The number of halogens is 1. The minimum absolute atomic E-state index is 0.108. The Morgan fingerprint density at radius 2 is 2.25 bits per heavy atom. The summed E-state index contributed by atoms with van der Waals surface area (Å²) in [6.45, 7) is 1.92. The Balaban J connectivity index is 2.15. The Bertz CT molecular complexity index is 511. The van der Waals surface area contributed by atoms with Crippen LogP contribution in [0.5, 0.6) is 0 Å². The van der Waals surface area contributed by atoms with Gasteiger partial charge in [0.2, 0.25) is 0 Å². The summed E-state index contributed by atoms with van der Waals surface area (Å²) in [5, 5.41) is 4.65. The van der Waals surface area contributed by atoms with Crippen molar-refractivity contribution in [2.75, 3.05) is 5.32 Å². The van der Waals surface area contributed by atoms with Crippen LogP contribution in [0.25, 0.3) is 0 Å². The van der Waals surface area contributed by atoms with E-state index in [2.05, 4.69) is 32.9 Å². The van der Waals surface area contributed by atoms with E-state index in [9.17, 15) is 4.79 Å². The molecular formula is C11H9IN2OS. The van der Waals surface area contributed by atoms with Gasteiger partial charge in [0.15, 0.2) is 0 Å². The fourth-order valence-corrected chi connectivity index (χ4v) is 2.12. The van der Waals surface area contributed by atoms with Gasteiger partial charge in [-0.1, -0.05) is 6.07 Å². The second-order valence-electron chi connectivity index (χ2n) is 3.20. The predicted octanol–water partition coefficient (Wildman–Crippen LogP) is 3.31. The number of carbonyl (C=O) groups excluding carboxylic acids is 1. The van der Waals surface area contributed by atoms with E-state index >= 15 is 0 Å². The van der Waals surface area contributed by atoms with E-state index in [1.807, 2.05) is 24.4 Å². The summed E-state index contributed by atoms with van der Waals surface area (Å²) >= 11 is 3.63. The van der Waals surface area contributed by atoms with Gasteiger partial charge >= 0.3 is 0 Å². The SMILES string of the molecule is Cc1nc(NC(=O)c2cccs2)ccc1I. The molecule has 3 nitrogen and oxygen atoms in total. The molecule has 0 saturated heterocycles. The van der Waals surface area contributed by atoms with Crippen LogP contribution in [0.15, 0.2) is 29.6 Å². The van der Waals surface area contributed by atoms with E-state index in [1.54, 1.807) is 12.1 Å². The summed E-state index contributed by atoms with van der Waals surface area (Å²) in [4.78, 5) is 16.7. The number of pyridine rings is 1. The lowest BCUT2D eigenvalue weighted by Crippen LogP contribution is -2.11. The van der Waals surface area contributed by atoms with Crippen LogP contribution >= 0.6 is 33.9 Å². The molecule has 0 unspecified atom stereocenters. The van der Waals surface area contributed by atoms with Gasteiger partial charge < -0.3 is 5.32 Å². The van der Waals surface area contributed by atoms with Crippen LogP contribution in [0.2, 0.25) is 0 Å². The minimum Gasteiger partial charge on any atom is -0.306 e. The molecule has 0 radical (unpaired) electrons. The lowest BCUT2D eigenvalue weighted by Gasteiger charge is -2.04. The number of aryl methyl sites for hydroxylation is 1. The van der Waals surface area contributed by atoms with Gasteiger partial charge in [-0.25, -0.2) is 4.98 Å². The van der Waals surface area contributed by atoms with E-state index in [0.717, 1.165) is 9.26 Å². The molecule has 0 fully saturated rings. The molecule has 1 amide bonds. The monoisotopic (exact) mass is 344 g/mol. The highest BCUT2D eigenvalue weighted by molar-refractivity contribution is 14.1. The van der Waals surface area contributed by atoms with Crippen LogP contribution in [-0.2, 0) is 0 Å². The first-order valence-corrected chi connectivity index (χ1v) is 6.60. The first-order valence-electron chi connectivity index (χ1n) is 4.65. The van der Waals surface area contributed by atoms with E-state index in [-0.39, 0.29) is 5.91 Å². The van der Waals surface area contributed by atoms with Crippen molar-refractivity contribution in [3.8, 4) is 0 Å². The highest BCUT2D eigenvalue weighted by Crippen LogP contribution is 2.15. The first-order chi connectivity index (χ1) is 7.66. The van der Waals surface area contributed by atoms with Crippen molar-refractivity contribution in [2.24, 2.45) is 0 Å². The fraction of sp³-hybridized carbons (Fsp3) is 0.0909. The average molecular weight is 344 g/mol. The highest BCUT2D eigenvalue weighted by atomic mass is 127. The maximum Gasteiger partial charge on any atom is 0.266 e. The third-order valence-corrected chi connectivity index (χ3v) is 4.02. The molecule has 16 heavy (non-hydrogen) atoms. The topological polar surface area (TPSA) is 42.0 Å². The Morgan fingerprint density at radius 3 is 2.88 bits per heavy atom. The molecule has 0 aromatic carbocycles. The molecule has 0 saturated carbocycles. The Morgan fingerprint density at radius 1 is 1.44 bits per heavy atom. The number of amides is 1. The third-order valence-electron chi connectivity index (χ3n) is 2.01. The van der Waals surface area contributed by atoms with Crippen LogP contribution in [0.3, 0.4) is 0 Å². The number of carbonyl (C=O) groups is 1. The van der Waals surface area contributed by atoms with Gasteiger partial charge in [0.25, 0.3) is 5.91 Å². The highest BCUT2D eigenvalue weighted by Gasteiger charge is 2.07. The van der Waals surface area contributed by atoms with E-state index in [0.29, 0.717) is 10.7 Å². The lowest BCUT2D eigenvalue weighted by atomic mass is 10.3. The number of hydrogen-bond acceptors (Lipinski definition) is 3. The molecule has 0 aliphatic heterocycles. The summed E-state index contributed by atoms with van der Waals surface area (Å²) < 4.78 is 1.09. The van der Waals surface area contributed by atoms with Crippen LogP contribution in [0.4, 0.5) is 5.82 Å². The fourth-order valence-electron chi connectivity index (χ4n) is 1.20. The lowest BCUT2D eigenvalue weighted by molar-refractivity contribution is 0.103. The number of hydrogen-bond donors (Lipinski definition) is 1. The van der Waals surface area contributed by atoms with Crippen molar-refractivity contribution >= 4 is 45.7 Å². The number of rotatable bonds is 2. The summed E-state index contributed by atoms with van der Waals surface area (Å²) in [5.74, 6) is 0.486. The van der Waals surface area contributed by atoms with Crippen molar-refractivity contribution < 1.29 is 4.79 Å². The zero-order valence-electron chi connectivity index (χ0n) is 8.53. The molecule has 0 aliphatic carbocycles. The van der Waals surface area contributed by atoms with Gasteiger partial charge in [-0.2, -0.15) is 0 Å². The summed E-state index contributed by atoms with van der Waals surface area (Å²) in [5.41, 5.74) is 0.921. The molecular weight excluding hydrogens is 335 g/mol. The van der Waals surface area contributed by atoms with Crippen molar-refractivity contribution in [1.29, 1.82) is 0 Å². The molecule has 0 atom stereocenters. The molecule has 1 N–H and O–H groups in total. The molecule has 0 aliphatic rings. The second-order valence-corrected chi connectivity index (χ2v) is 5.31. The number of nitrogens with zero attached hydrogens (tertiary/aromatic N) is 1. The molecule has 82 valence electrons. The number of nitrogens with one attached hydrogen (secondary N) is 1. The van der Waals surface area contributed by atoms with Crippen molar-refractivity contribution in [2.45, 2.75) is 6.92 Å². The summed E-state index contributed by atoms with van der Waals surface area (Å²) in [6, 6.07) is 7.39. The molecule has 5 heteroatoms. The third kappa shape index (κ3) is 2.59. The van der Waals surface area contributed by atoms with Gasteiger partial charge in [0.1, 0.15) is 5.82 Å². The van der Waals surface area contributed by atoms with Crippen molar-refractivity contribution in [3.63, 3.8) is 0 Å². The maximum absolute atomic E-state index is 11.7. The molecule has 2 heterocycles. The normalized spacial score (nSPS) is 10.1. The maximum atomic E-state index is 11.7. The van der Waals surface area contributed by atoms with Crippen LogP contribution < -0.4 is 5.32 Å². The van der Waals surface area contributed by atoms with Crippen molar-refractivity contribution in [3.05, 3.63) is 43.8 Å². The van der Waals surface area contributed by atoms with Gasteiger partial charge in [-0.15, -0.1) is 11.3 Å². The summed E-state index contributed by atoms with van der Waals surface area (Å²) in [6.07, 6.45) is 0. The average Bonchev–Trinajstić information content (AvgIpc) is 2.77. The Labute approximate surface area is 111 Å². The predicted molar refractivity (Wildman–Crippen MR) is 74.0 cm³/mol. The molecule has 2 aromatic heterocycles. The standard InChI is InChI=1S/C11H9IN2OS/c1-7-8(12)4-5-10(13-7)14-11(15)9-3-2-6-16-9/h2-6H,1H3,(H,13,14,15). The largest absolute Gasteiger partial charge is 0.306 e. The Hall–Kier alpha value is -0.950. The minimum atomic E-state index is -0.108. The zero-order chi connectivity index (χ0) is 11.5. The molecule has 2 rings (SSSR count). The van der Waals surface area contributed by atoms with E-state index in [4.69, 9.17) is 0 Å². The van der Waals surface area contributed by atoms with Gasteiger partial charge in [-0.3, -0.25) is 4.79 Å². The molecule has 0 bridgehead atoms. The van der Waals surface area contributed by atoms with Crippen LogP contribution in [0.1, 0.15) is 15.4 Å². The smallest absolute Gasteiger partial charge is 0.266 e. The number of anilines is 1. The van der Waals surface area contributed by atoms with Gasteiger partial charge in [0, 0.05) is 3.57 Å². The summed E-state index contributed by atoms with van der Waals surface area (Å²) in [7, 11) is 0. The first kappa shape index (κ1) is 11.5. The van der Waals surface area contributed by atoms with Gasteiger partial charge in [-0.05, 0) is 53.1 Å². The second kappa shape index (κ2) is 4.92. The number of thiophene rings is 1. The van der Waals surface area contributed by atoms with Crippen LogP contribution in [0, 0.1) is 10.5 Å². The quantitative estimate of drug-likeness (QED) is 0.850.